The minimum atomic E-state index is -0.329. The Balaban J connectivity index is 2.00. The number of amides is 1. The molecule has 0 aromatic heterocycles. The van der Waals surface area contributed by atoms with Crippen LogP contribution in [0, 0.1) is 12.7 Å². The summed E-state index contributed by atoms with van der Waals surface area (Å²) < 4.78 is 19.0. The van der Waals surface area contributed by atoms with E-state index in [1.54, 1.807) is 13.0 Å². The second kappa shape index (κ2) is 5.80. The molecule has 1 aromatic carbocycles. The van der Waals surface area contributed by atoms with Crippen molar-refractivity contribution in [2.45, 2.75) is 32.3 Å². The van der Waals surface area contributed by atoms with Crippen LogP contribution in [0.3, 0.4) is 0 Å². The van der Waals surface area contributed by atoms with Gasteiger partial charge in [0.15, 0.2) is 0 Å². The van der Waals surface area contributed by atoms with E-state index in [-0.39, 0.29) is 17.8 Å². The Morgan fingerprint density at radius 1 is 1.61 bits per heavy atom. The van der Waals surface area contributed by atoms with Gasteiger partial charge in [0.1, 0.15) is 5.82 Å². The fourth-order valence-corrected chi connectivity index (χ4v) is 2.34. The Bertz CT molecular complexity index is 459. The summed E-state index contributed by atoms with van der Waals surface area (Å²) in [7, 11) is 0. The molecule has 1 N–H and O–H groups in total. The average Bonchev–Trinajstić information content (AvgIpc) is 2.78. The lowest BCUT2D eigenvalue weighted by molar-refractivity contribution is -0.118. The third-order valence-corrected chi connectivity index (χ3v) is 3.59. The van der Waals surface area contributed by atoms with Gasteiger partial charge in [-0.1, -0.05) is 0 Å². The Labute approximate surface area is 114 Å². The highest BCUT2D eigenvalue weighted by atomic mass is 79.9. The van der Waals surface area contributed by atoms with Crippen LogP contribution in [-0.2, 0) is 9.53 Å². The summed E-state index contributed by atoms with van der Waals surface area (Å²) in [6, 6.07) is 2.98. The molecule has 1 amide bonds. The molecule has 5 heteroatoms. The molecule has 1 atom stereocenters. The van der Waals surface area contributed by atoms with Crippen LogP contribution in [0.5, 0.6) is 0 Å². The van der Waals surface area contributed by atoms with Gasteiger partial charge in [0.25, 0.3) is 0 Å². The number of carbonyl (C=O) groups excluding carboxylic acids is 1. The molecule has 3 nitrogen and oxygen atoms in total. The highest BCUT2D eigenvalue weighted by Crippen LogP contribution is 2.25. The maximum atomic E-state index is 13.2. The first-order valence-corrected chi connectivity index (χ1v) is 6.72. The van der Waals surface area contributed by atoms with Gasteiger partial charge in [-0.15, -0.1) is 0 Å². The molecule has 0 bridgehead atoms. The summed E-state index contributed by atoms with van der Waals surface area (Å²) in [5.74, 6) is -0.423. The van der Waals surface area contributed by atoms with Crippen LogP contribution < -0.4 is 5.32 Å². The molecular formula is C13H15BrFNO2. The van der Waals surface area contributed by atoms with E-state index in [9.17, 15) is 9.18 Å². The smallest absolute Gasteiger partial charge is 0.226 e. The monoisotopic (exact) mass is 315 g/mol. The van der Waals surface area contributed by atoms with Gasteiger partial charge in [0, 0.05) is 12.3 Å². The first-order valence-electron chi connectivity index (χ1n) is 5.93. The van der Waals surface area contributed by atoms with Gasteiger partial charge in [-0.05, 0) is 53.4 Å². The second-order valence-corrected chi connectivity index (χ2v) is 5.32. The van der Waals surface area contributed by atoms with Crippen molar-refractivity contribution in [2.24, 2.45) is 0 Å². The molecule has 1 fully saturated rings. The highest BCUT2D eigenvalue weighted by Gasteiger charge is 2.19. The number of rotatable bonds is 3. The van der Waals surface area contributed by atoms with Crippen molar-refractivity contribution in [3.8, 4) is 0 Å². The van der Waals surface area contributed by atoms with Crippen LogP contribution >= 0.6 is 15.9 Å². The summed E-state index contributed by atoms with van der Waals surface area (Å²) in [5, 5.41) is 2.79. The lowest BCUT2D eigenvalue weighted by atomic mass is 10.1. The number of carbonyl (C=O) groups is 1. The molecule has 0 radical (unpaired) electrons. The van der Waals surface area contributed by atoms with Crippen molar-refractivity contribution in [2.75, 3.05) is 11.9 Å². The molecule has 0 spiro atoms. The van der Waals surface area contributed by atoms with Crippen LogP contribution in [0.2, 0.25) is 0 Å². The van der Waals surface area contributed by atoms with E-state index in [1.165, 1.54) is 6.07 Å². The number of halogens is 2. The zero-order chi connectivity index (χ0) is 13.1. The van der Waals surface area contributed by atoms with Crippen molar-refractivity contribution < 1.29 is 13.9 Å². The van der Waals surface area contributed by atoms with E-state index in [0.29, 0.717) is 22.1 Å². The molecule has 1 aromatic rings. The summed E-state index contributed by atoms with van der Waals surface area (Å²) in [5.41, 5.74) is 1.34. The number of anilines is 1. The number of nitrogens with one attached hydrogen (secondary N) is 1. The van der Waals surface area contributed by atoms with Crippen molar-refractivity contribution in [3.05, 3.63) is 28.0 Å². The summed E-state index contributed by atoms with van der Waals surface area (Å²) in [6.07, 6.45) is 2.32. The molecule has 18 heavy (non-hydrogen) atoms. The van der Waals surface area contributed by atoms with Crippen molar-refractivity contribution >= 4 is 27.5 Å². The maximum absolute atomic E-state index is 13.2. The van der Waals surface area contributed by atoms with Gasteiger partial charge in [-0.2, -0.15) is 0 Å². The Kier molecular flexibility index (Phi) is 4.35. The molecular weight excluding hydrogens is 301 g/mol. The molecule has 1 unspecified atom stereocenters. The predicted octanol–water partition coefficient (Wildman–Crippen LogP) is 3.40. The largest absolute Gasteiger partial charge is 0.378 e. The molecule has 1 aliphatic heterocycles. The predicted molar refractivity (Wildman–Crippen MR) is 71.1 cm³/mol. The van der Waals surface area contributed by atoms with Crippen LogP contribution in [0.15, 0.2) is 16.6 Å². The van der Waals surface area contributed by atoms with Gasteiger partial charge in [-0.25, -0.2) is 4.39 Å². The van der Waals surface area contributed by atoms with E-state index < -0.39 is 0 Å². The van der Waals surface area contributed by atoms with Gasteiger partial charge in [0.05, 0.1) is 17.0 Å². The first-order chi connectivity index (χ1) is 8.56. The maximum Gasteiger partial charge on any atom is 0.226 e. The Hall–Kier alpha value is -0.940. The van der Waals surface area contributed by atoms with Gasteiger partial charge >= 0.3 is 0 Å². The minimum absolute atomic E-state index is 0.0224. The number of aryl methyl sites for hydroxylation is 1. The van der Waals surface area contributed by atoms with E-state index in [0.717, 1.165) is 19.4 Å². The Morgan fingerprint density at radius 2 is 2.39 bits per heavy atom. The van der Waals surface area contributed by atoms with E-state index in [2.05, 4.69) is 21.2 Å². The number of hydrogen-bond donors (Lipinski definition) is 1. The molecule has 98 valence electrons. The van der Waals surface area contributed by atoms with Crippen LogP contribution in [0.25, 0.3) is 0 Å². The second-order valence-electron chi connectivity index (χ2n) is 4.47. The fraction of sp³-hybridized carbons (Fsp3) is 0.462. The van der Waals surface area contributed by atoms with Crippen LogP contribution in [0.4, 0.5) is 10.1 Å². The van der Waals surface area contributed by atoms with Crippen LogP contribution in [0.1, 0.15) is 24.8 Å². The first kappa shape index (κ1) is 13.5. The van der Waals surface area contributed by atoms with Gasteiger partial charge in [0.2, 0.25) is 5.91 Å². The summed E-state index contributed by atoms with van der Waals surface area (Å²) >= 11 is 3.11. The molecule has 1 heterocycles. The number of ether oxygens (including phenoxy) is 1. The number of benzene rings is 1. The van der Waals surface area contributed by atoms with Crippen LogP contribution in [-0.4, -0.2) is 18.6 Å². The third-order valence-electron chi connectivity index (χ3n) is 2.98. The molecule has 0 aliphatic carbocycles. The molecule has 0 saturated carbocycles. The van der Waals surface area contributed by atoms with Crippen molar-refractivity contribution in [1.82, 2.24) is 0 Å². The molecule has 1 saturated heterocycles. The minimum Gasteiger partial charge on any atom is -0.378 e. The molecule has 1 aliphatic rings. The fourth-order valence-electron chi connectivity index (χ4n) is 1.99. The van der Waals surface area contributed by atoms with E-state index in [4.69, 9.17) is 4.74 Å². The lowest BCUT2D eigenvalue weighted by Crippen LogP contribution is -2.19. The SMILES string of the molecule is Cc1cc(F)c(Br)cc1NC(=O)CC1CCCO1. The normalized spacial score (nSPS) is 18.9. The average molecular weight is 316 g/mol. The zero-order valence-electron chi connectivity index (χ0n) is 10.1. The topological polar surface area (TPSA) is 38.3 Å². The Morgan fingerprint density at radius 3 is 3.06 bits per heavy atom. The zero-order valence-corrected chi connectivity index (χ0v) is 11.7. The van der Waals surface area contributed by atoms with Gasteiger partial charge in [-0.3, -0.25) is 4.79 Å². The van der Waals surface area contributed by atoms with E-state index in [1.807, 2.05) is 0 Å². The molecule has 2 rings (SSSR count). The summed E-state index contributed by atoms with van der Waals surface area (Å²) in [6.45, 7) is 2.50. The highest BCUT2D eigenvalue weighted by molar-refractivity contribution is 9.10. The van der Waals surface area contributed by atoms with E-state index >= 15 is 0 Å². The standard InChI is InChI=1S/C13H15BrFNO2/c1-8-5-11(15)10(14)7-12(8)16-13(17)6-9-3-2-4-18-9/h5,7,9H,2-4,6H2,1H3,(H,16,17). The quantitative estimate of drug-likeness (QED) is 0.928. The van der Waals surface area contributed by atoms with Crippen molar-refractivity contribution in [1.29, 1.82) is 0 Å². The van der Waals surface area contributed by atoms with Gasteiger partial charge < -0.3 is 10.1 Å². The lowest BCUT2D eigenvalue weighted by Gasteiger charge is -2.12. The summed E-state index contributed by atoms with van der Waals surface area (Å²) in [4.78, 5) is 11.8. The van der Waals surface area contributed by atoms with Crippen molar-refractivity contribution in [3.63, 3.8) is 0 Å². The number of hydrogen-bond acceptors (Lipinski definition) is 2. The third kappa shape index (κ3) is 3.29.